The molecule has 0 saturated carbocycles. The van der Waals surface area contributed by atoms with Crippen molar-refractivity contribution in [2.45, 2.75) is 33.7 Å². The first-order chi connectivity index (χ1) is 11.8. The molecule has 2 rings (SSSR count). The van der Waals surface area contributed by atoms with Gasteiger partial charge in [-0.2, -0.15) is 0 Å². The Kier molecular flexibility index (Phi) is 5.80. The summed E-state index contributed by atoms with van der Waals surface area (Å²) in [6, 6.07) is 4.48. The molecule has 134 valence electrons. The second-order valence-electron chi connectivity index (χ2n) is 5.83. The van der Waals surface area contributed by atoms with Crippen LogP contribution in [0.3, 0.4) is 0 Å². The predicted molar refractivity (Wildman–Crippen MR) is 91.0 cm³/mol. The van der Waals surface area contributed by atoms with Crippen LogP contribution < -0.4 is 10.6 Å². The highest BCUT2D eigenvalue weighted by atomic mass is 16.5. The predicted octanol–water partition coefficient (Wildman–Crippen LogP) is 1.98. The van der Waals surface area contributed by atoms with Gasteiger partial charge in [0.2, 0.25) is 0 Å². The zero-order valence-electron chi connectivity index (χ0n) is 14.8. The van der Waals surface area contributed by atoms with Crippen LogP contribution in [0.25, 0.3) is 0 Å². The molecule has 2 N–H and O–H groups in total. The first-order valence-electron chi connectivity index (χ1n) is 8.05. The SMILES string of the molecule is CCOC(=O)C1=C(COC(=O)c2cc(C)ccc2C)NC(=O)N[C@@H]1C. The number of hydrogen-bond donors (Lipinski definition) is 2. The maximum Gasteiger partial charge on any atom is 0.338 e. The first-order valence-corrected chi connectivity index (χ1v) is 8.05. The van der Waals surface area contributed by atoms with E-state index >= 15 is 0 Å². The van der Waals surface area contributed by atoms with Crippen LogP contribution in [0.2, 0.25) is 0 Å². The molecule has 0 saturated heterocycles. The summed E-state index contributed by atoms with van der Waals surface area (Å²) >= 11 is 0. The summed E-state index contributed by atoms with van der Waals surface area (Å²) in [5.74, 6) is -1.07. The molecule has 1 aromatic carbocycles. The standard InChI is InChI=1S/C18H22N2O5/c1-5-24-17(22)15-12(4)19-18(23)20-14(15)9-25-16(21)13-8-10(2)6-7-11(13)3/h6-8,12H,5,9H2,1-4H3,(H2,19,20,23)/t12-/m1/s1. The molecule has 1 aliphatic heterocycles. The van der Waals surface area contributed by atoms with Crippen molar-refractivity contribution in [3.05, 3.63) is 46.2 Å². The molecule has 1 aromatic rings. The van der Waals surface area contributed by atoms with Crippen molar-refractivity contribution in [1.82, 2.24) is 10.6 Å². The average Bonchev–Trinajstić information content (AvgIpc) is 2.54. The number of benzene rings is 1. The van der Waals surface area contributed by atoms with Gasteiger partial charge in [-0.25, -0.2) is 14.4 Å². The number of nitrogens with one attached hydrogen (secondary N) is 2. The molecule has 1 heterocycles. The Balaban J connectivity index is 2.21. The number of esters is 2. The van der Waals surface area contributed by atoms with Crippen molar-refractivity contribution in [2.24, 2.45) is 0 Å². The van der Waals surface area contributed by atoms with E-state index in [-0.39, 0.29) is 24.5 Å². The molecule has 1 aliphatic rings. The van der Waals surface area contributed by atoms with Gasteiger partial charge >= 0.3 is 18.0 Å². The summed E-state index contributed by atoms with van der Waals surface area (Å²) in [6.45, 7) is 7.03. The van der Waals surface area contributed by atoms with Gasteiger partial charge in [0, 0.05) is 0 Å². The fraction of sp³-hybridized carbons (Fsp3) is 0.389. The highest BCUT2D eigenvalue weighted by molar-refractivity contribution is 5.95. The molecule has 25 heavy (non-hydrogen) atoms. The van der Waals surface area contributed by atoms with Crippen molar-refractivity contribution >= 4 is 18.0 Å². The summed E-state index contributed by atoms with van der Waals surface area (Å²) in [7, 11) is 0. The Bertz CT molecular complexity index is 739. The van der Waals surface area contributed by atoms with Crippen molar-refractivity contribution in [3.63, 3.8) is 0 Å². The molecule has 7 nitrogen and oxygen atoms in total. The second kappa shape index (κ2) is 7.83. The van der Waals surface area contributed by atoms with Crippen molar-refractivity contribution in [2.75, 3.05) is 13.2 Å². The van der Waals surface area contributed by atoms with Gasteiger partial charge in [0.05, 0.1) is 29.5 Å². The van der Waals surface area contributed by atoms with E-state index < -0.39 is 24.0 Å². The van der Waals surface area contributed by atoms with Crippen LogP contribution in [0.4, 0.5) is 4.79 Å². The molecule has 0 aromatic heterocycles. The number of carbonyl (C=O) groups is 3. The van der Waals surface area contributed by atoms with Crippen LogP contribution in [0.15, 0.2) is 29.5 Å². The van der Waals surface area contributed by atoms with Crippen LogP contribution in [-0.2, 0) is 14.3 Å². The number of aryl methyl sites for hydroxylation is 2. The van der Waals surface area contributed by atoms with E-state index in [9.17, 15) is 14.4 Å². The van der Waals surface area contributed by atoms with Crippen LogP contribution >= 0.6 is 0 Å². The second-order valence-corrected chi connectivity index (χ2v) is 5.83. The maximum atomic E-state index is 12.3. The van der Waals surface area contributed by atoms with E-state index in [1.165, 1.54) is 0 Å². The molecule has 0 spiro atoms. The van der Waals surface area contributed by atoms with Crippen molar-refractivity contribution < 1.29 is 23.9 Å². The van der Waals surface area contributed by atoms with E-state index in [0.717, 1.165) is 11.1 Å². The van der Waals surface area contributed by atoms with Crippen LogP contribution in [0, 0.1) is 13.8 Å². The molecule has 0 unspecified atom stereocenters. The fourth-order valence-corrected chi connectivity index (χ4v) is 2.56. The van der Waals surface area contributed by atoms with E-state index in [2.05, 4.69) is 10.6 Å². The van der Waals surface area contributed by atoms with Crippen molar-refractivity contribution in [1.29, 1.82) is 0 Å². The average molecular weight is 346 g/mol. The van der Waals surface area contributed by atoms with E-state index in [1.54, 1.807) is 19.9 Å². The minimum absolute atomic E-state index is 0.207. The van der Waals surface area contributed by atoms with Crippen LogP contribution in [-0.4, -0.2) is 37.2 Å². The summed E-state index contributed by atoms with van der Waals surface area (Å²) in [4.78, 5) is 36.1. The fourth-order valence-electron chi connectivity index (χ4n) is 2.56. The van der Waals surface area contributed by atoms with Crippen LogP contribution in [0.5, 0.6) is 0 Å². The molecule has 0 fully saturated rings. The van der Waals surface area contributed by atoms with E-state index in [0.29, 0.717) is 5.56 Å². The van der Waals surface area contributed by atoms with Gasteiger partial charge in [0.1, 0.15) is 6.61 Å². The Hall–Kier alpha value is -2.83. The molecule has 7 heteroatoms. The lowest BCUT2D eigenvalue weighted by atomic mass is 10.0. The number of hydrogen-bond acceptors (Lipinski definition) is 5. The van der Waals surface area contributed by atoms with Crippen LogP contribution in [0.1, 0.15) is 35.3 Å². The normalized spacial score (nSPS) is 16.8. The maximum absolute atomic E-state index is 12.3. The number of amides is 2. The molecule has 0 radical (unpaired) electrons. The zero-order valence-corrected chi connectivity index (χ0v) is 14.8. The number of urea groups is 1. The Morgan fingerprint density at radius 1 is 1.16 bits per heavy atom. The first kappa shape index (κ1) is 18.5. The number of rotatable bonds is 5. The van der Waals surface area contributed by atoms with Crippen molar-refractivity contribution in [3.8, 4) is 0 Å². The summed E-state index contributed by atoms with van der Waals surface area (Å²) in [5, 5.41) is 5.11. The zero-order chi connectivity index (χ0) is 18.6. The third-order valence-electron chi connectivity index (χ3n) is 3.83. The summed E-state index contributed by atoms with van der Waals surface area (Å²) in [6.07, 6.45) is 0. The third kappa shape index (κ3) is 4.37. The topological polar surface area (TPSA) is 93.7 Å². The van der Waals surface area contributed by atoms with Gasteiger partial charge in [-0.3, -0.25) is 0 Å². The highest BCUT2D eigenvalue weighted by Gasteiger charge is 2.30. The largest absolute Gasteiger partial charge is 0.463 e. The Morgan fingerprint density at radius 3 is 2.56 bits per heavy atom. The van der Waals surface area contributed by atoms with Gasteiger partial charge in [0.25, 0.3) is 0 Å². The Morgan fingerprint density at radius 2 is 1.88 bits per heavy atom. The smallest absolute Gasteiger partial charge is 0.338 e. The molecule has 0 aliphatic carbocycles. The van der Waals surface area contributed by atoms with Gasteiger partial charge in [-0.1, -0.05) is 17.7 Å². The quantitative estimate of drug-likeness (QED) is 0.795. The molecular weight excluding hydrogens is 324 g/mol. The minimum atomic E-state index is -0.555. The lowest BCUT2D eigenvalue weighted by Gasteiger charge is -2.26. The number of carbonyl (C=O) groups excluding carboxylic acids is 3. The van der Waals surface area contributed by atoms with E-state index in [4.69, 9.17) is 9.47 Å². The Labute approximate surface area is 146 Å². The molecule has 2 amide bonds. The number of ether oxygens (including phenoxy) is 2. The van der Waals surface area contributed by atoms with Gasteiger partial charge < -0.3 is 20.1 Å². The monoisotopic (exact) mass is 346 g/mol. The lowest BCUT2D eigenvalue weighted by molar-refractivity contribution is -0.139. The van der Waals surface area contributed by atoms with Gasteiger partial charge in [-0.15, -0.1) is 0 Å². The minimum Gasteiger partial charge on any atom is -0.463 e. The molecule has 1 atom stereocenters. The molecular formula is C18H22N2O5. The summed E-state index contributed by atoms with van der Waals surface area (Å²) < 4.78 is 10.3. The third-order valence-corrected chi connectivity index (χ3v) is 3.83. The van der Waals surface area contributed by atoms with Gasteiger partial charge in [0.15, 0.2) is 0 Å². The molecule has 0 bridgehead atoms. The highest BCUT2D eigenvalue weighted by Crippen LogP contribution is 2.16. The summed E-state index contributed by atoms with van der Waals surface area (Å²) in [5.41, 5.74) is 2.65. The van der Waals surface area contributed by atoms with Gasteiger partial charge in [-0.05, 0) is 39.3 Å². The van der Waals surface area contributed by atoms with E-state index in [1.807, 2.05) is 26.0 Å². The lowest BCUT2D eigenvalue weighted by Crippen LogP contribution is -2.50.